The van der Waals surface area contributed by atoms with Gasteiger partial charge in [0.1, 0.15) is 11.9 Å². The summed E-state index contributed by atoms with van der Waals surface area (Å²) in [5, 5.41) is 0. The molecule has 0 spiro atoms. The van der Waals surface area contributed by atoms with Crippen LogP contribution < -0.4 is 10.5 Å². The predicted molar refractivity (Wildman–Crippen MR) is 82.5 cm³/mol. The molecule has 0 radical (unpaired) electrons. The Balaban J connectivity index is 2.24. The third-order valence-electron chi connectivity index (χ3n) is 3.28. The van der Waals surface area contributed by atoms with E-state index in [0.717, 1.165) is 21.3 Å². The fourth-order valence-corrected chi connectivity index (χ4v) is 2.20. The van der Waals surface area contributed by atoms with Crippen LogP contribution in [0.1, 0.15) is 22.8 Å². The first-order valence-corrected chi connectivity index (χ1v) is 7.09. The fraction of sp³-hybridized carbons (Fsp3) is 0.250. The molecule has 0 aliphatic rings. The van der Waals surface area contributed by atoms with Gasteiger partial charge in [0.15, 0.2) is 0 Å². The van der Waals surface area contributed by atoms with E-state index in [9.17, 15) is 0 Å². The van der Waals surface area contributed by atoms with Gasteiger partial charge in [0, 0.05) is 11.0 Å². The molecule has 2 aromatic rings. The normalized spacial score (nSPS) is 12.2. The summed E-state index contributed by atoms with van der Waals surface area (Å²) in [6.07, 6.45) is -0.117. The van der Waals surface area contributed by atoms with Crippen molar-refractivity contribution >= 4 is 15.9 Å². The van der Waals surface area contributed by atoms with Crippen molar-refractivity contribution in [2.24, 2.45) is 5.73 Å². The number of hydrogen-bond acceptors (Lipinski definition) is 2. The molecule has 0 heterocycles. The van der Waals surface area contributed by atoms with Crippen molar-refractivity contribution in [2.45, 2.75) is 20.0 Å². The highest BCUT2D eigenvalue weighted by atomic mass is 79.9. The van der Waals surface area contributed by atoms with Gasteiger partial charge in [-0.05, 0) is 48.7 Å². The summed E-state index contributed by atoms with van der Waals surface area (Å²) in [5.41, 5.74) is 9.32. The highest BCUT2D eigenvalue weighted by molar-refractivity contribution is 9.10. The molecule has 100 valence electrons. The number of benzene rings is 2. The number of nitrogens with two attached hydrogens (primary N) is 1. The molecular weight excluding hydrogens is 302 g/mol. The van der Waals surface area contributed by atoms with E-state index in [-0.39, 0.29) is 6.10 Å². The molecule has 0 aliphatic heterocycles. The maximum absolute atomic E-state index is 6.06. The zero-order chi connectivity index (χ0) is 13.8. The molecule has 0 bridgehead atoms. The Bertz CT molecular complexity index is 551. The second-order valence-electron chi connectivity index (χ2n) is 4.59. The molecule has 2 aromatic carbocycles. The number of hydrogen-bond donors (Lipinski definition) is 1. The van der Waals surface area contributed by atoms with E-state index in [1.54, 1.807) is 0 Å². The minimum absolute atomic E-state index is 0.117. The van der Waals surface area contributed by atoms with Gasteiger partial charge < -0.3 is 10.5 Å². The van der Waals surface area contributed by atoms with Crippen LogP contribution in [0.4, 0.5) is 0 Å². The molecule has 0 saturated heterocycles. The summed E-state index contributed by atoms with van der Waals surface area (Å²) >= 11 is 3.43. The molecule has 0 amide bonds. The van der Waals surface area contributed by atoms with Crippen LogP contribution in [0.2, 0.25) is 0 Å². The number of halogens is 1. The number of rotatable bonds is 4. The summed E-state index contributed by atoms with van der Waals surface area (Å²) in [6.45, 7) is 4.61. The second-order valence-corrected chi connectivity index (χ2v) is 5.51. The van der Waals surface area contributed by atoms with Crippen molar-refractivity contribution < 1.29 is 4.74 Å². The van der Waals surface area contributed by atoms with Crippen LogP contribution in [0.5, 0.6) is 5.75 Å². The smallest absolute Gasteiger partial charge is 0.136 e. The largest absolute Gasteiger partial charge is 0.484 e. The van der Waals surface area contributed by atoms with Gasteiger partial charge in [-0.1, -0.05) is 40.2 Å². The second kappa shape index (κ2) is 6.22. The quantitative estimate of drug-likeness (QED) is 0.919. The molecule has 2 nitrogen and oxygen atoms in total. The van der Waals surface area contributed by atoms with E-state index < -0.39 is 0 Å². The van der Waals surface area contributed by atoms with Crippen LogP contribution >= 0.6 is 15.9 Å². The summed E-state index contributed by atoms with van der Waals surface area (Å²) in [7, 11) is 0. The van der Waals surface area contributed by atoms with Crippen LogP contribution in [0.25, 0.3) is 0 Å². The summed E-state index contributed by atoms with van der Waals surface area (Å²) < 4.78 is 7.12. The van der Waals surface area contributed by atoms with Gasteiger partial charge in [0.25, 0.3) is 0 Å². The van der Waals surface area contributed by atoms with Gasteiger partial charge in [0.2, 0.25) is 0 Å². The van der Waals surface area contributed by atoms with Gasteiger partial charge in [-0.2, -0.15) is 0 Å². The van der Waals surface area contributed by atoms with Crippen LogP contribution in [0.3, 0.4) is 0 Å². The maximum atomic E-state index is 6.06. The molecule has 0 saturated carbocycles. The molecule has 1 atom stereocenters. The Labute approximate surface area is 122 Å². The van der Waals surface area contributed by atoms with E-state index in [1.807, 2.05) is 36.4 Å². The lowest BCUT2D eigenvalue weighted by atomic mass is 10.1. The van der Waals surface area contributed by atoms with Crippen molar-refractivity contribution in [1.82, 2.24) is 0 Å². The van der Waals surface area contributed by atoms with Crippen LogP contribution in [-0.4, -0.2) is 6.54 Å². The monoisotopic (exact) mass is 319 g/mol. The first-order valence-electron chi connectivity index (χ1n) is 6.30. The molecule has 1 unspecified atom stereocenters. The van der Waals surface area contributed by atoms with Crippen LogP contribution in [0.15, 0.2) is 46.9 Å². The van der Waals surface area contributed by atoms with Gasteiger partial charge in [-0.15, -0.1) is 0 Å². The molecule has 3 heteroatoms. The Morgan fingerprint density at radius 1 is 1.11 bits per heavy atom. The summed E-state index contributed by atoms with van der Waals surface area (Å²) in [6, 6.07) is 14.2. The molecule has 2 N–H and O–H groups in total. The zero-order valence-electron chi connectivity index (χ0n) is 11.2. The molecular formula is C16H18BrNO. The SMILES string of the molecule is Cc1cccc(OC(CN)c2ccc(Br)cc2)c1C. The van der Waals surface area contributed by atoms with E-state index in [0.29, 0.717) is 6.54 Å². The summed E-state index contributed by atoms with van der Waals surface area (Å²) in [5.74, 6) is 0.901. The van der Waals surface area contributed by atoms with Crippen LogP contribution in [-0.2, 0) is 0 Å². The van der Waals surface area contributed by atoms with Crippen molar-refractivity contribution in [3.05, 3.63) is 63.6 Å². The third kappa shape index (κ3) is 3.37. The van der Waals surface area contributed by atoms with E-state index in [1.165, 1.54) is 5.56 Å². The first kappa shape index (κ1) is 14.1. The zero-order valence-corrected chi connectivity index (χ0v) is 12.8. The average Bonchev–Trinajstić information content (AvgIpc) is 2.42. The van der Waals surface area contributed by atoms with Gasteiger partial charge in [-0.25, -0.2) is 0 Å². The minimum Gasteiger partial charge on any atom is -0.484 e. The topological polar surface area (TPSA) is 35.2 Å². The Morgan fingerprint density at radius 2 is 1.79 bits per heavy atom. The van der Waals surface area contributed by atoms with E-state index in [4.69, 9.17) is 10.5 Å². The molecule has 0 aliphatic carbocycles. The predicted octanol–water partition coefficient (Wildman–Crippen LogP) is 4.14. The molecule has 2 rings (SSSR count). The Morgan fingerprint density at radius 3 is 2.42 bits per heavy atom. The van der Waals surface area contributed by atoms with E-state index >= 15 is 0 Å². The standard InChI is InChI=1S/C16H18BrNO/c1-11-4-3-5-15(12(11)2)19-16(10-18)13-6-8-14(17)9-7-13/h3-9,16H,10,18H2,1-2H3. The van der Waals surface area contributed by atoms with Crippen molar-refractivity contribution in [2.75, 3.05) is 6.54 Å². The van der Waals surface area contributed by atoms with Gasteiger partial charge in [0.05, 0.1) is 0 Å². The lowest BCUT2D eigenvalue weighted by Crippen LogP contribution is -2.18. The highest BCUT2D eigenvalue weighted by Crippen LogP contribution is 2.27. The molecule has 0 aromatic heterocycles. The van der Waals surface area contributed by atoms with Gasteiger partial charge in [-0.3, -0.25) is 0 Å². The lowest BCUT2D eigenvalue weighted by Gasteiger charge is -2.20. The van der Waals surface area contributed by atoms with Crippen molar-refractivity contribution in [3.63, 3.8) is 0 Å². The third-order valence-corrected chi connectivity index (χ3v) is 3.81. The Hall–Kier alpha value is -1.32. The van der Waals surface area contributed by atoms with Crippen LogP contribution in [0, 0.1) is 13.8 Å². The summed E-state index contributed by atoms with van der Waals surface area (Å²) in [4.78, 5) is 0. The van der Waals surface area contributed by atoms with Crippen molar-refractivity contribution in [3.8, 4) is 5.75 Å². The Kier molecular flexibility index (Phi) is 4.61. The average molecular weight is 320 g/mol. The molecule has 19 heavy (non-hydrogen) atoms. The first-order chi connectivity index (χ1) is 9.11. The maximum Gasteiger partial charge on any atom is 0.136 e. The van der Waals surface area contributed by atoms with E-state index in [2.05, 4.69) is 35.8 Å². The number of aryl methyl sites for hydroxylation is 1. The lowest BCUT2D eigenvalue weighted by molar-refractivity contribution is 0.212. The minimum atomic E-state index is -0.117. The number of ether oxygens (including phenoxy) is 1. The van der Waals surface area contributed by atoms with Crippen molar-refractivity contribution in [1.29, 1.82) is 0 Å². The van der Waals surface area contributed by atoms with Gasteiger partial charge >= 0.3 is 0 Å². The fourth-order valence-electron chi connectivity index (χ4n) is 1.93. The molecule has 0 fully saturated rings. The highest BCUT2D eigenvalue weighted by Gasteiger charge is 2.13.